The molecular formula is C14H19N5OS. The SMILES string of the molecule is CC(C)NC(=O)C(C)Sc1nnnn1Cc1ccccc1. The number of aromatic nitrogens is 4. The number of carbonyl (C=O) groups is 1. The van der Waals surface area contributed by atoms with Crippen molar-refractivity contribution in [3.63, 3.8) is 0 Å². The lowest BCUT2D eigenvalue weighted by Gasteiger charge is -2.13. The molecule has 1 aromatic carbocycles. The van der Waals surface area contributed by atoms with Gasteiger partial charge in [0.2, 0.25) is 11.1 Å². The quantitative estimate of drug-likeness (QED) is 0.823. The van der Waals surface area contributed by atoms with E-state index in [2.05, 4.69) is 20.8 Å². The van der Waals surface area contributed by atoms with Gasteiger partial charge in [0, 0.05) is 6.04 Å². The van der Waals surface area contributed by atoms with Gasteiger partial charge in [-0.3, -0.25) is 4.79 Å². The van der Waals surface area contributed by atoms with Crippen LogP contribution in [0.2, 0.25) is 0 Å². The molecule has 1 atom stereocenters. The Hall–Kier alpha value is -1.89. The van der Waals surface area contributed by atoms with E-state index in [9.17, 15) is 4.79 Å². The third-order valence-electron chi connectivity index (χ3n) is 2.76. The van der Waals surface area contributed by atoms with Gasteiger partial charge in [0.1, 0.15) is 0 Å². The lowest BCUT2D eigenvalue weighted by molar-refractivity contribution is -0.120. The van der Waals surface area contributed by atoms with Crippen LogP contribution < -0.4 is 5.32 Å². The van der Waals surface area contributed by atoms with Gasteiger partial charge in [-0.2, -0.15) is 0 Å². The first kappa shape index (κ1) is 15.5. The number of hydrogen-bond acceptors (Lipinski definition) is 5. The van der Waals surface area contributed by atoms with Crippen molar-refractivity contribution in [3.8, 4) is 0 Å². The lowest BCUT2D eigenvalue weighted by atomic mass is 10.2. The number of amides is 1. The van der Waals surface area contributed by atoms with Crippen LogP contribution in [0.1, 0.15) is 26.3 Å². The zero-order valence-electron chi connectivity index (χ0n) is 12.4. The summed E-state index contributed by atoms with van der Waals surface area (Å²) in [4.78, 5) is 11.9. The fraction of sp³-hybridized carbons (Fsp3) is 0.429. The van der Waals surface area contributed by atoms with Gasteiger partial charge in [0.05, 0.1) is 11.8 Å². The van der Waals surface area contributed by atoms with Crippen LogP contribution in [0.3, 0.4) is 0 Å². The van der Waals surface area contributed by atoms with Crippen LogP contribution in [-0.2, 0) is 11.3 Å². The van der Waals surface area contributed by atoms with Gasteiger partial charge in [-0.25, -0.2) is 4.68 Å². The minimum absolute atomic E-state index is 0.00994. The molecule has 21 heavy (non-hydrogen) atoms. The topological polar surface area (TPSA) is 72.7 Å². The van der Waals surface area contributed by atoms with Crippen LogP contribution in [-0.4, -0.2) is 37.4 Å². The second-order valence-corrected chi connectivity index (χ2v) is 6.34. The highest BCUT2D eigenvalue weighted by Crippen LogP contribution is 2.21. The van der Waals surface area contributed by atoms with Crippen molar-refractivity contribution in [1.82, 2.24) is 25.5 Å². The molecular weight excluding hydrogens is 286 g/mol. The minimum Gasteiger partial charge on any atom is -0.353 e. The van der Waals surface area contributed by atoms with Crippen LogP contribution in [0.4, 0.5) is 0 Å². The molecule has 0 aliphatic heterocycles. The lowest BCUT2D eigenvalue weighted by Crippen LogP contribution is -2.36. The number of rotatable bonds is 6. The molecule has 0 aliphatic rings. The number of thioether (sulfide) groups is 1. The van der Waals surface area contributed by atoms with Crippen LogP contribution in [0.15, 0.2) is 35.5 Å². The Morgan fingerprint density at radius 2 is 2.00 bits per heavy atom. The van der Waals surface area contributed by atoms with Crippen molar-refractivity contribution in [2.45, 2.75) is 43.8 Å². The molecule has 7 heteroatoms. The molecule has 1 N–H and O–H groups in total. The summed E-state index contributed by atoms with van der Waals surface area (Å²) < 4.78 is 1.71. The van der Waals surface area contributed by atoms with E-state index in [1.54, 1.807) is 4.68 Å². The van der Waals surface area contributed by atoms with Crippen LogP contribution in [0, 0.1) is 0 Å². The zero-order chi connectivity index (χ0) is 15.2. The normalized spacial score (nSPS) is 12.4. The van der Waals surface area contributed by atoms with E-state index in [0.29, 0.717) is 11.7 Å². The molecule has 0 saturated heterocycles. The van der Waals surface area contributed by atoms with Gasteiger partial charge in [0.25, 0.3) is 0 Å². The number of nitrogens with zero attached hydrogens (tertiary/aromatic N) is 4. The summed E-state index contributed by atoms with van der Waals surface area (Å²) >= 11 is 1.36. The van der Waals surface area contributed by atoms with E-state index in [1.807, 2.05) is 51.1 Å². The fourth-order valence-electron chi connectivity index (χ4n) is 1.75. The zero-order valence-corrected chi connectivity index (χ0v) is 13.2. The molecule has 1 aromatic heterocycles. The smallest absolute Gasteiger partial charge is 0.233 e. The fourth-order valence-corrected chi connectivity index (χ4v) is 2.55. The maximum absolute atomic E-state index is 11.9. The van der Waals surface area contributed by atoms with Crippen molar-refractivity contribution < 1.29 is 4.79 Å². The van der Waals surface area contributed by atoms with E-state index in [1.165, 1.54) is 11.8 Å². The van der Waals surface area contributed by atoms with E-state index < -0.39 is 0 Å². The van der Waals surface area contributed by atoms with Crippen LogP contribution >= 0.6 is 11.8 Å². The third kappa shape index (κ3) is 4.56. The average molecular weight is 305 g/mol. The predicted octanol–water partition coefficient (Wildman–Crippen LogP) is 1.73. The van der Waals surface area contributed by atoms with Crippen LogP contribution in [0.25, 0.3) is 0 Å². The first-order chi connectivity index (χ1) is 10.1. The van der Waals surface area contributed by atoms with E-state index >= 15 is 0 Å². The molecule has 2 aromatic rings. The van der Waals surface area contributed by atoms with Gasteiger partial charge in [-0.05, 0) is 36.8 Å². The number of carbonyl (C=O) groups excluding carboxylic acids is 1. The molecule has 2 rings (SSSR count). The van der Waals surface area contributed by atoms with E-state index in [0.717, 1.165) is 5.56 Å². The molecule has 112 valence electrons. The highest BCUT2D eigenvalue weighted by molar-refractivity contribution is 8.00. The first-order valence-electron chi connectivity index (χ1n) is 6.83. The number of benzene rings is 1. The van der Waals surface area contributed by atoms with Crippen molar-refractivity contribution in [3.05, 3.63) is 35.9 Å². The highest BCUT2D eigenvalue weighted by atomic mass is 32.2. The summed E-state index contributed by atoms with van der Waals surface area (Å²) in [6, 6.07) is 10.1. The van der Waals surface area contributed by atoms with Crippen molar-refractivity contribution >= 4 is 17.7 Å². The maximum atomic E-state index is 11.9. The summed E-state index contributed by atoms with van der Waals surface area (Å²) in [5.74, 6) is -0.00994. The van der Waals surface area contributed by atoms with Crippen LogP contribution in [0.5, 0.6) is 0 Å². The highest BCUT2D eigenvalue weighted by Gasteiger charge is 2.19. The van der Waals surface area contributed by atoms with Gasteiger partial charge in [0.15, 0.2) is 0 Å². The van der Waals surface area contributed by atoms with Crippen molar-refractivity contribution in [1.29, 1.82) is 0 Å². The maximum Gasteiger partial charge on any atom is 0.233 e. The predicted molar refractivity (Wildman–Crippen MR) is 82.0 cm³/mol. The Bertz CT molecular complexity index is 584. The molecule has 0 spiro atoms. The standard InChI is InChI=1S/C14H19N5OS/c1-10(2)15-13(20)11(3)21-14-16-17-18-19(14)9-12-7-5-4-6-8-12/h4-8,10-11H,9H2,1-3H3,(H,15,20). The average Bonchev–Trinajstić information content (AvgIpc) is 2.86. The first-order valence-corrected chi connectivity index (χ1v) is 7.71. The monoisotopic (exact) mass is 305 g/mol. The van der Waals surface area contributed by atoms with E-state index in [-0.39, 0.29) is 17.2 Å². The molecule has 6 nitrogen and oxygen atoms in total. The molecule has 0 saturated carbocycles. The number of tetrazole rings is 1. The molecule has 1 heterocycles. The minimum atomic E-state index is -0.243. The van der Waals surface area contributed by atoms with Gasteiger partial charge in [-0.1, -0.05) is 42.1 Å². The molecule has 0 bridgehead atoms. The molecule has 1 amide bonds. The Kier molecular flexibility index (Phi) is 5.32. The Morgan fingerprint density at radius 1 is 1.29 bits per heavy atom. The summed E-state index contributed by atoms with van der Waals surface area (Å²) in [6.45, 7) is 6.32. The van der Waals surface area contributed by atoms with Crippen molar-refractivity contribution in [2.75, 3.05) is 0 Å². The van der Waals surface area contributed by atoms with Gasteiger partial charge < -0.3 is 5.32 Å². The summed E-state index contributed by atoms with van der Waals surface area (Å²) in [5, 5.41) is 15.0. The largest absolute Gasteiger partial charge is 0.353 e. The number of hydrogen-bond donors (Lipinski definition) is 1. The molecule has 1 unspecified atom stereocenters. The third-order valence-corrected chi connectivity index (χ3v) is 3.83. The summed E-state index contributed by atoms with van der Waals surface area (Å²) in [5.41, 5.74) is 1.12. The van der Waals surface area contributed by atoms with Crippen molar-refractivity contribution in [2.24, 2.45) is 0 Å². The van der Waals surface area contributed by atoms with Gasteiger partial charge in [-0.15, -0.1) is 5.10 Å². The van der Waals surface area contributed by atoms with E-state index in [4.69, 9.17) is 0 Å². The second-order valence-electron chi connectivity index (χ2n) is 5.03. The van der Waals surface area contributed by atoms with Gasteiger partial charge >= 0.3 is 0 Å². The second kappa shape index (κ2) is 7.21. The molecule has 0 fully saturated rings. The summed E-state index contributed by atoms with van der Waals surface area (Å²) in [6.07, 6.45) is 0. The summed E-state index contributed by atoms with van der Waals surface area (Å²) in [7, 11) is 0. The molecule has 0 aliphatic carbocycles. The Balaban J connectivity index is 2.02. The Morgan fingerprint density at radius 3 is 2.67 bits per heavy atom. The molecule has 0 radical (unpaired) electrons. The number of nitrogens with one attached hydrogen (secondary N) is 1. The Labute approximate surface area is 128 Å².